The van der Waals surface area contributed by atoms with Crippen LogP contribution in [0.2, 0.25) is 0 Å². The summed E-state index contributed by atoms with van der Waals surface area (Å²) >= 11 is 0. The van der Waals surface area contributed by atoms with E-state index in [2.05, 4.69) is 20.5 Å². The summed E-state index contributed by atoms with van der Waals surface area (Å²) in [6.45, 7) is 0.136. The average molecular weight is 381 g/mol. The second-order valence-electron chi connectivity index (χ2n) is 5.83. The van der Waals surface area contributed by atoms with Crippen molar-refractivity contribution in [3.05, 3.63) is 60.0 Å². The molecule has 28 heavy (non-hydrogen) atoms. The van der Waals surface area contributed by atoms with Crippen LogP contribution in [0.25, 0.3) is 28.7 Å². The number of methoxy groups -OCH3 is 2. The summed E-state index contributed by atoms with van der Waals surface area (Å²) in [7, 11) is 3.12. The Hall–Kier alpha value is -3.59. The van der Waals surface area contributed by atoms with Crippen LogP contribution >= 0.6 is 0 Å². The van der Waals surface area contributed by atoms with Gasteiger partial charge in [-0.15, -0.1) is 5.10 Å². The molecule has 0 spiro atoms. The Morgan fingerprint density at radius 3 is 2.57 bits per heavy atom. The lowest BCUT2D eigenvalue weighted by Gasteiger charge is -2.06. The van der Waals surface area contributed by atoms with Gasteiger partial charge in [-0.05, 0) is 36.4 Å². The molecule has 0 radical (unpaired) electrons. The fraction of sp³-hybridized carbons (Fsp3) is 0.158. The number of aromatic nitrogens is 5. The molecule has 0 bridgehead atoms. The maximum absolute atomic E-state index is 14.2. The zero-order chi connectivity index (χ0) is 19.5. The van der Waals surface area contributed by atoms with Crippen molar-refractivity contribution in [3.63, 3.8) is 0 Å². The maximum atomic E-state index is 14.2. The van der Waals surface area contributed by atoms with Gasteiger partial charge in [0.25, 0.3) is 5.89 Å². The largest absolute Gasteiger partial charge is 0.497 e. The SMILES string of the molecule is COCc1c(-c2nc(-c3ccc(OC)cc3)no2)nnn1-c1ccccc1F. The molecule has 9 heteroatoms. The predicted molar refractivity (Wildman–Crippen MR) is 97.3 cm³/mol. The third kappa shape index (κ3) is 3.23. The van der Waals surface area contributed by atoms with Gasteiger partial charge >= 0.3 is 0 Å². The molecule has 8 nitrogen and oxygen atoms in total. The van der Waals surface area contributed by atoms with Crippen molar-refractivity contribution in [1.29, 1.82) is 0 Å². The molecule has 2 aromatic heterocycles. The number of nitrogens with zero attached hydrogens (tertiary/aromatic N) is 5. The molecule has 0 aliphatic heterocycles. The molecule has 0 fully saturated rings. The van der Waals surface area contributed by atoms with Crippen molar-refractivity contribution < 1.29 is 18.4 Å². The topological polar surface area (TPSA) is 88.1 Å². The van der Waals surface area contributed by atoms with Crippen LogP contribution in [0.3, 0.4) is 0 Å². The van der Waals surface area contributed by atoms with Gasteiger partial charge in [-0.25, -0.2) is 9.07 Å². The van der Waals surface area contributed by atoms with Gasteiger partial charge in [0.2, 0.25) is 5.82 Å². The molecule has 4 aromatic rings. The Kier molecular flexibility index (Phi) is 4.81. The highest BCUT2D eigenvalue weighted by molar-refractivity contribution is 5.60. The Morgan fingerprint density at radius 2 is 1.86 bits per heavy atom. The Morgan fingerprint density at radius 1 is 1.07 bits per heavy atom. The molecule has 2 heterocycles. The molecule has 2 aromatic carbocycles. The summed E-state index contributed by atoms with van der Waals surface area (Å²) in [6, 6.07) is 13.5. The first-order valence-corrected chi connectivity index (χ1v) is 8.38. The molecule has 0 atom stereocenters. The summed E-state index contributed by atoms with van der Waals surface area (Å²) in [4.78, 5) is 4.39. The maximum Gasteiger partial charge on any atom is 0.280 e. The molecular weight excluding hydrogens is 365 g/mol. The number of hydrogen-bond donors (Lipinski definition) is 0. The van der Waals surface area contributed by atoms with E-state index >= 15 is 0 Å². The molecule has 0 saturated heterocycles. The lowest BCUT2D eigenvalue weighted by Crippen LogP contribution is -2.06. The number of hydrogen-bond acceptors (Lipinski definition) is 7. The first kappa shape index (κ1) is 17.8. The van der Waals surface area contributed by atoms with E-state index in [1.54, 1.807) is 37.4 Å². The van der Waals surface area contributed by atoms with Crippen LogP contribution in [0.4, 0.5) is 4.39 Å². The second kappa shape index (κ2) is 7.57. The highest BCUT2D eigenvalue weighted by Gasteiger charge is 2.22. The lowest BCUT2D eigenvalue weighted by atomic mass is 10.2. The molecule has 0 amide bonds. The number of benzene rings is 2. The molecular formula is C19H16FN5O3. The van der Waals surface area contributed by atoms with Crippen LogP contribution in [0.15, 0.2) is 53.1 Å². The van der Waals surface area contributed by atoms with Crippen molar-refractivity contribution in [1.82, 2.24) is 25.1 Å². The predicted octanol–water partition coefficient (Wildman–Crippen LogP) is 3.28. The molecule has 0 aliphatic rings. The minimum Gasteiger partial charge on any atom is -0.497 e. The van der Waals surface area contributed by atoms with Gasteiger partial charge in [0.1, 0.15) is 22.9 Å². The Balaban J connectivity index is 1.73. The van der Waals surface area contributed by atoms with Gasteiger partial charge < -0.3 is 14.0 Å². The van der Waals surface area contributed by atoms with Gasteiger partial charge in [0.15, 0.2) is 5.69 Å². The summed E-state index contributed by atoms with van der Waals surface area (Å²) in [5.74, 6) is 0.852. The molecule has 0 aliphatic carbocycles. The van der Waals surface area contributed by atoms with Crippen LogP contribution in [-0.2, 0) is 11.3 Å². The van der Waals surface area contributed by atoms with Crippen LogP contribution in [0.1, 0.15) is 5.69 Å². The van der Waals surface area contributed by atoms with E-state index in [1.807, 2.05) is 12.1 Å². The molecule has 142 valence electrons. The van der Waals surface area contributed by atoms with Gasteiger partial charge in [-0.3, -0.25) is 0 Å². The molecule has 0 N–H and O–H groups in total. The van der Waals surface area contributed by atoms with Crippen LogP contribution < -0.4 is 4.74 Å². The zero-order valence-corrected chi connectivity index (χ0v) is 15.2. The van der Waals surface area contributed by atoms with Crippen molar-refractivity contribution in [2.45, 2.75) is 6.61 Å². The van der Waals surface area contributed by atoms with Gasteiger partial charge in [-0.2, -0.15) is 4.98 Å². The van der Waals surface area contributed by atoms with E-state index in [-0.39, 0.29) is 18.2 Å². The molecule has 4 rings (SSSR count). The number of halogens is 1. The summed E-state index contributed by atoms with van der Waals surface area (Å²) in [5, 5.41) is 12.2. The Bertz CT molecular complexity index is 1090. The van der Waals surface area contributed by atoms with Crippen molar-refractivity contribution >= 4 is 0 Å². The van der Waals surface area contributed by atoms with Crippen LogP contribution in [-0.4, -0.2) is 39.4 Å². The second-order valence-corrected chi connectivity index (χ2v) is 5.83. The third-order valence-corrected chi connectivity index (χ3v) is 4.10. The first-order chi connectivity index (χ1) is 13.7. The van der Waals surface area contributed by atoms with Crippen molar-refractivity contribution in [2.75, 3.05) is 14.2 Å². The van der Waals surface area contributed by atoms with Crippen molar-refractivity contribution in [2.24, 2.45) is 0 Å². The smallest absolute Gasteiger partial charge is 0.280 e. The minimum absolute atomic E-state index is 0.136. The first-order valence-electron chi connectivity index (χ1n) is 8.38. The number of ether oxygens (including phenoxy) is 2. The van der Waals surface area contributed by atoms with Gasteiger partial charge in [0.05, 0.1) is 13.7 Å². The van der Waals surface area contributed by atoms with Crippen LogP contribution in [0, 0.1) is 5.82 Å². The monoisotopic (exact) mass is 381 g/mol. The quantitative estimate of drug-likeness (QED) is 0.506. The standard InChI is InChI=1S/C19H16FN5O3/c1-26-11-16-17(22-24-25(16)15-6-4-3-5-14(15)20)19-21-18(23-28-19)12-7-9-13(27-2)10-8-12/h3-10H,11H2,1-2H3. The fourth-order valence-corrected chi connectivity index (χ4v) is 2.73. The van der Waals surface area contributed by atoms with Crippen LogP contribution in [0.5, 0.6) is 5.75 Å². The van der Waals surface area contributed by atoms with E-state index in [0.29, 0.717) is 17.2 Å². The summed E-state index contributed by atoms with van der Waals surface area (Å²) < 4.78 is 31.3. The van der Waals surface area contributed by atoms with Gasteiger partial charge in [0, 0.05) is 12.7 Å². The van der Waals surface area contributed by atoms with Crippen molar-refractivity contribution in [3.8, 4) is 34.4 Å². The van der Waals surface area contributed by atoms with E-state index in [1.165, 1.54) is 17.9 Å². The highest BCUT2D eigenvalue weighted by Crippen LogP contribution is 2.27. The number of para-hydroxylation sites is 1. The van der Waals surface area contributed by atoms with E-state index in [0.717, 1.165) is 11.3 Å². The van der Waals surface area contributed by atoms with E-state index in [9.17, 15) is 4.39 Å². The van der Waals surface area contributed by atoms with Gasteiger partial charge in [-0.1, -0.05) is 22.5 Å². The molecule has 0 saturated carbocycles. The minimum atomic E-state index is -0.430. The Labute approximate surface area is 159 Å². The highest BCUT2D eigenvalue weighted by atomic mass is 19.1. The lowest BCUT2D eigenvalue weighted by molar-refractivity contribution is 0.179. The number of rotatable bonds is 6. The normalized spacial score (nSPS) is 11.0. The third-order valence-electron chi connectivity index (χ3n) is 4.10. The summed E-state index contributed by atoms with van der Waals surface area (Å²) in [6.07, 6.45) is 0. The fourth-order valence-electron chi connectivity index (χ4n) is 2.73. The zero-order valence-electron chi connectivity index (χ0n) is 15.2. The van der Waals surface area contributed by atoms with E-state index < -0.39 is 5.82 Å². The molecule has 0 unspecified atom stereocenters. The van der Waals surface area contributed by atoms with E-state index in [4.69, 9.17) is 14.0 Å². The summed E-state index contributed by atoms with van der Waals surface area (Å²) in [5.41, 5.74) is 1.84. The average Bonchev–Trinajstić information content (AvgIpc) is 3.36.